The van der Waals surface area contributed by atoms with Gasteiger partial charge in [0.15, 0.2) is 0 Å². The second-order valence-electron chi connectivity index (χ2n) is 7.98. The van der Waals surface area contributed by atoms with E-state index in [4.69, 9.17) is 4.74 Å². The molecule has 4 atom stereocenters. The van der Waals surface area contributed by atoms with E-state index in [1.54, 1.807) is 0 Å². The Labute approximate surface area is 178 Å². The van der Waals surface area contributed by atoms with Crippen molar-refractivity contribution in [3.8, 4) is 0 Å². The van der Waals surface area contributed by atoms with E-state index in [-0.39, 0.29) is 36.2 Å². The average Bonchev–Trinajstić information content (AvgIpc) is 3.19. The molecule has 0 aromatic rings. The molecule has 1 aliphatic carbocycles. The molecule has 1 N–H and O–H groups in total. The number of amides is 2. The maximum Gasteiger partial charge on any atom is 0.318 e. The van der Waals surface area contributed by atoms with Crippen LogP contribution >= 0.6 is 11.8 Å². The van der Waals surface area contributed by atoms with Crippen LogP contribution in [-0.2, 0) is 19.1 Å². The Balaban J connectivity index is 1.78. The van der Waals surface area contributed by atoms with Crippen molar-refractivity contribution in [2.45, 2.75) is 95.1 Å². The van der Waals surface area contributed by atoms with Gasteiger partial charge in [-0.05, 0) is 37.9 Å². The Bertz CT molecular complexity index is 559. The molecule has 2 amide bonds. The molecule has 8 heteroatoms. The second-order valence-corrected chi connectivity index (χ2v) is 9.38. The molecule has 0 radical (unpaired) electrons. The molecule has 0 aromatic heterocycles. The van der Waals surface area contributed by atoms with Crippen molar-refractivity contribution in [1.29, 1.82) is 0 Å². The number of esters is 2. The fourth-order valence-electron chi connectivity index (χ4n) is 4.24. The molecule has 0 spiro atoms. The zero-order valence-corrected chi connectivity index (χ0v) is 18.8. The van der Waals surface area contributed by atoms with Gasteiger partial charge in [0, 0.05) is 31.6 Å². The van der Waals surface area contributed by atoms with Gasteiger partial charge in [-0.2, -0.15) is 11.8 Å². The van der Waals surface area contributed by atoms with Crippen molar-refractivity contribution in [2.24, 2.45) is 0 Å². The molecule has 29 heavy (non-hydrogen) atoms. The van der Waals surface area contributed by atoms with E-state index in [2.05, 4.69) is 17.0 Å². The SMILES string of the molecule is CCCCCC(CCN1C(=O)NC2C[C@H](SCCCC(=O)OC)CC21)OC(C)=O. The molecule has 2 fully saturated rings. The van der Waals surface area contributed by atoms with Crippen LogP contribution in [0, 0.1) is 0 Å². The van der Waals surface area contributed by atoms with E-state index in [1.807, 2.05) is 16.7 Å². The molecule has 2 aliphatic rings. The highest BCUT2D eigenvalue weighted by atomic mass is 32.2. The number of urea groups is 1. The van der Waals surface area contributed by atoms with Crippen molar-refractivity contribution < 1.29 is 23.9 Å². The largest absolute Gasteiger partial charge is 0.469 e. The number of hydrogen-bond donors (Lipinski definition) is 1. The Morgan fingerprint density at radius 3 is 2.72 bits per heavy atom. The number of fused-ring (bicyclic) bond motifs is 1. The summed E-state index contributed by atoms with van der Waals surface area (Å²) in [7, 11) is 1.42. The van der Waals surface area contributed by atoms with Crippen LogP contribution in [-0.4, -0.2) is 65.7 Å². The van der Waals surface area contributed by atoms with Crippen molar-refractivity contribution in [2.75, 3.05) is 19.4 Å². The number of carbonyl (C=O) groups excluding carboxylic acids is 3. The molecule has 0 bridgehead atoms. The maximum absolute atomic E-state index is 12.4. The predicted molar refractivity (Wildman–Crippen MR) is 114 cm³/mol. The lowest BCUT2D eigenvalue weighted by atomic mass is 10.1. The van der Waals surface area contributed by atoms with Gasteiger partial charge < -0.3 is 19.7 Å². The first kappa shape index (κ1) is 23.8. The number of unbranched alkanes of at least 4 members (excludes halogenated alkanes) is 2. The quantitative estimate of drug-likeness (QED) is 0.357. The third kappa shape index (κ3) is 7.72. The third-order valence-corrected chi connectivity index (χ3v) is 7.10. The van der Waals surface area contributed by atoms with Gasteiger partial charge in [-0.25, -0.2) is 4.79 Å². The van der Waals surface area contributed by atoms with Crippen LogP contribution in [0.25, 0.3) is 0 Å². The lowest BCUT2D eigenvalue weighted by Gasteiger charge is -2.25. The van der Waals surface area contributed by atoms with E-state index in [0.717, 1.165) is 50.7 Å². The average molecular weight is 429 g/mol. The van der Waals surface area contributed by atoms with Crippen molar-refractivity contribution in [1.82, 2.24) is 10.2 Å². The van der Waals surface area contributed by atoms with Gasteiger partial charge in [-0.1, -0.05) is 19.8 Å². The van der Waals surface area contributed by atoms with Crippen molar-refractivity contribution >= 4 is 29.7 Å². The summed E-state index contributed by atoms with van der Waals surface area (Å²) in [6, 6.07) is 0.423. The monoisotopic (exact) mass is 428 g/mol. The topological polar surface area (TPSA) is 84.9 Å². The molecule has 0 aromatic carbocycles. The molecule has 1 saturated heterocycles. The first-order valence-electron chi connectivity index (χ1n) is 10.9. The lowest BCUT2D eigenvalue weighted by Crippen LogP contribution is -2.37. The minimum atomic E-state index is -0.250. The summed E-state index contributed by atoms with van der Waals surface area (Å²) in [4.78, 5) is 37.0. The Hall–Kier alpha value is -1.44. The van der Waals surface area contributed by atoms with Gasteiger partial charge in [0.05, 0.1) is 19.2 Å². The van der Waals surface area contributed by atoms with E-state index < -0.39 is 0 Å². The molecule has 1 heterocycles. The van der Waals surface area contributed by atoms with E-state index >= 15 is 0 Å². The van der Waals surface area contributed by atoms with Crippen LogP contribution in [0.5, 0.6) is 0 Å². The summed E-state index contributed by atoms with van der Waals surface area (Å²) in [5, 5.41) is 3.62. The first-order valence-corrected chi connectivity index (χ1v) is 11.9. The lowest BCUT2D eigenvalue weighted by molar-refractivity contribution is -0.147. The van der Waals surface area contributed by atoms with Gasteiger partial charge in [0.1, 0.15) is 6.10 Å². The second kappa shape index (κ2) is 12.3. The number of methoxy groups -OCH3 is 1. The Morgan fingerprint density at radius 2 is 2.03 bits per heavy atom. The first-order chi connectivity index (χ1) is 13.9. The van der Waals surface area contributed by atoms with Crippen LogP contribution in [0.4, 0.5) is 4.79 Å². The summed E-state index contributed by atoms with van der Waals surface area (Å²) < 4.78 is 10.2. The summed E-state index contributed by atoms with van der Waals surface area (Å²) in [5.41, 5.74) is 0. The van der Waals surface area contributed by atoms with Crippen LogP contribution in [0.3, 0.4) is 0 Å². The number of carbonyl (C=O) groups is 3. The summed E-state index contributed by atoms with van der Waals surface area (Å²) in [6.07, 6.45) is 7.95. The fraction of sp³-hybridized carbons (Fsp3) is 0.857. The number of nitrogens with one attached hydrogen (secondary N) is 1. The number of hydrogen-bond acceptors (Lipinski definition) is 6. The molecular formula is C21H36N2O5S. The van der Waals surface area contributed by atoms with Crippen molar-refractivity contribution in [3.05, 3.63) is 0 Å². The molecule has 3 unspecified atom stereocenters. The molecule has 1 aliphatic heterocycles. The summed E-state index contributed by atoms with van der Waals surface area (Å²) >= 11 is 1.89. The number of thioether (sulfide) groups is 1. The number of nitrogens with zero attached hydrogens (tertiary/aromatic N) is 1. The maximum atomic E-state index is 12.4. The molecular weight excluding hydrogens is 392 g/mol. The van der Waals surface area contributed by atoms with Gasteiger partial charge >= 0.3 is 18.0 Å². The minimum absolute atomic E-state index is 0.00396. The zero-order valence-electron chi connectivity index (χ0n) is 18.0. The Morgan fingerprint density at radius 1 is 1.24 bits per heavy atom. The van der Waals surface area contributed by atoms with Crippen molar-refractivity contribution in [3.63, 3.8) is 0 Å². The normalized spacial score (nSPS) is 24.2. The van der Waals surface area contributed by atoms with E-state index in [9.17, 15) is 14.4 Å². The summed E-state index contributed by atoms with van der Waals surface area (Å²) in [6.45, 7) is 4.22. The Kier molecular flexibility index (Phi) is 10.1. The molecule has 2 rings (SSSR count). The van der Waals surface area contributed by atoms with Crippen LogP contribution in [0.1, 0.15) is 71.6 Å². The smallest absolute Gasteiger partial charge is 0.318 e. The van der Waals surface area contributed by atoms with Gasteiger partial charge in [0.2, 0.25) is 0 Å². The highest BCUT2D eigenvalue weighted by Gasteiger charge is 2.45. The van der Waals surface area contributed by atoms with Crippen LogP contribution in [0.15, 0.2) is 0 Å². The third-order valence-electron chi connectivity index (χ3n) is 5.72. The molecule has 166 valence electrons. The highest BCUT2D eigenvalue weighted by molar-refractivity contribution is 7.99. The highest BCUT2D eigenvalue weighted by Crippen LogP contribution is 2.36. The number of ether oxygens (including phenoxy) is 2. The van der Waals surface area contributed by atoms with Gasteiger partial charge in [0.25, 0.3) is 0 Å². The number of rotatable bonds is 13. The van der Waals surface area contributed by atoms with E-state index in [1.165, 1.54) is 14.0 Å². The fourth-order valence-corrected chi connectivity index (χ4v) is 5.56. The standard InChI is InChI=1S/C21H36N2O5S/c1-4-5-6-8-16(28-15(2)24)10-11-23-19-14-17(13-18(19)22-21(23)26)29-12-7-9-20(25)27-3/h16-19H,4-14H2,1-3H3,(H,22,26)/t16?,17-,18?,19?/m0/s1. The van der Waals surface area contributed by atoms with Crippen LogP contribution in [0.2, 0.25) is 0 Å². The van der Waals surface area contributed by atoms with E-state index in [0.29, 0.717) is 24.6 Å². The zero-order chi connectivity index (χ0) is 21.2. The molecule has 1 saturated carbocycles. The van der Waals surface area contributed by atoms with Gasteiger partial charge in [-0.15, -0.1) is 0 Å². The molecule has 7 nitrogen and oxygen atoms in total. The van der Waals surface area contributed by atoms with Crippen LogP contribution < -0.4 is 5.32 Å². The summed E-state index contributed by atoms with van der Waals surface area (Å²) in [5.74, 6) is 0.521. The predicted octanol–water partition coefficient (Wildman–Crippen LogP) is 3.50. The van der Waals surface area contributed by atoms with Gasteiger partial charge in [-0.3, -0.25) is 9.59 Å². The minimum Gasteiger partial charge on any atom is -0.469 e.